The number of nitrogens with zero attached hydrogens (tertiary/aromatic N) is 4. The first kappa shape index (κ1) is 29.1. The molecule has 40 heavy (non-hydrogen) atoms. The van der Waals surface area contributed by atoms with E-state index in [2.05, 4.69) is 31.0 Å². The summed E-state index contributed by atoms with van der Waals surface area (Å²) in [5, 5.41) is 24.5. The fourth-order valence-electron chi connectivity index (χ4n) is 3.88. The summed E-state index contributed by atoms with van der Waals surface area (Å²) in [6.45, 7) is 7.73. The van der Waals surface area contributed by atoms with Crippen molar-refractivity contribution < 1.29 is 19.1 Å². The zero-order valence-corrected chi connectivity index (χ0v) is 24.6. The van der Waals surface area contributed by atoms with E-state index in [1.54, 1.807) is 0 Å². The standard InChI is InChI=1S/C28H32N6O4S2/c1-17-9-11-21(19(3)13-17)37-15-23(35)29-27-33-31-25(39-27)7-5-6-8-26-32-34-28(40-26)30-24(36)16-38-22-12-10-18(2)14-20(22)4/h9-14H,5-8,15-16H2,1-4H3,(H,29,33,35)(H,30,34,36). The third-order valence-electron chi connectivity index (χ3n) is 5.84. The van der Waals surface area contributed by atoms with Crippen molar-refractivity contribution in [2.75, 3.05) is 23.8 Å². The van der Waals surface area contributed by atoms with Crippen molar-refractivity contribution in [3.8, 4) is 11.5 Å². The Hall–Kier alpha value is -3.90. The zero-order chi connectivity index (χ0) is 28.5. The van der Waals surface area contributed by atoms with E-state index in [9.17, 15) is 9.59 Å². The van der Waals surface area contributed by atoms with Crippen LogP contribution < -0.4 is 20.1 Å². The molecule has 0 unspecified atom stereocenters. The van der Waals surface area contributed by atoms with Crippen LogP contribution in [0.5, 0.6) is 11.5 Å². The molecule has 2 aromatic carbocycles. The van der Waals surface area contributed by atoms with Gasteiger partial charge in [0.15, 0.2) is 13.2 Å². The Kier molecular flexibility index (Phi) is 10.1. The molecule has 0 bridgehead atoms. The van der Waals surface area contributed by atoms with Crippen LogP contribution in [0.3, 0.4) is 0 Å². The van der Waals surface area contributed by atoms with Crippen molar-refractivity contribution in [1.82, 2.24) is 20.4 Å². The predicted molar refractivity (Wildman–Crippen MR) is 157 cm³/mol. The summed E-state index contributed by atoms with van der Waals surface area (Å²) >= 11 is 2.71. The highest BCUT2D eigenvalue weighted by molar-refractivity contribution is 7.15. The molecule has 10 nitrogen and oxygen atoms in total. The minimum atomic E-state index is -0.279. The van der Waals surface area contributed by atoms with E-state index in [-0.39, 0.29) is 25.0 Å². The summed E-state index contributed by atoms with van der Waals surface area (Å²) in [5.41, 5.74) is 4.25. The van der Waals surface area contributed by atoms with Gasteiger partial charge in [0.2, 0.25) is 10.3 Å². The summed E-state index contributed by atoms with van der Waals surface area (Å²) in [4.78, 5) is 24.5. The highest BCUT2D eigenvalue weighted by atomic mass is 32.1. The molecule has 0 atom stereocenters. The van der Waals surface area contributed by atoms with E-state index in [1.165, 1.54) is 22.7 Å². The van der Waals surface area contributed by atoms with Crippen LogP contribution in [0.15, 0.2) is 36.4 Å². The Balaban J connectivity index is 1.12. The van der Waals surface area contributed by atoms with E-state index in [0.29, 0.717) is 21.8 Å². The number of unbranched alkanes of at least 4 members (excludes halogenated alkanes) is 1. The minimum Gasteiger partial charge on any atom is -0.483 e. The van der Waals surface area contributed by atoms with Crippen molar-refractivity contribution in [3.63, 3.8) is 0 Å². The van der Waals surface area contributed by atoms with Crippen molar-refractivity contribution in [2.45, 2.75) is 53.4 Å². The number of ether oxygens (including phenoxy) is 2. The quantitative estimate of drug-likeness (QED) is 0.206. The molecule has 0 spiro atoms. The number of aryl methyl sites for hydroxylation is 6. The van der Waals surface area contributed by atoms with Crippen molar-refractivity contribution >= 4 is 44.8 Å². The summed E-state index contributed by atoms with van der Waals surface area (Å²) < 4.78 is 11.2. The van der Waals surface area contributed by atoms with Gasteiger partial charge in [-0.1, -0.05) is 58.1 Å². The minimum absolute atomic E-state index is 0.0947. The molecule has 0 aliphatic carbocycles. The van der Waals surface area contributed by atoms with Gasteiger partial charge in [0.1, 0.15) is 21.5 Å². The highest BCUT2D eigenvalue weighted by Crippen LogP contribution is 2.22. The molecule has 2 amide bonds. The van der Waals surface area contributed by atoms with Crippen LogP contribution in [0.2, 0.25) is 0 Å². The smallest absolute Gasteiger partial charge is 0.264 e. The second-order valence-electron chi connectivity index (χ2n) is 9.42. The first-order chi connectivity index (χ1) is 19.2. The van der Waals surface area contributed by atoms with Crippen LogP contribution in [0.4, 0.5) is 10.3 Å². The fraction of sp³-hybridized carbons (Fsp3) is 0.357. The van der Waals surface area contributed by atoms with Crippen LogP contribution in [0.1, 0.15) is 45.1 Å². The normalized spacial score (nSPS) is 10.8. The Morgan fingerprint density at radius 3 is 1.50 bits per heavy atom. The van der Waals surface area contributed by atoms with E-state index in [0.717, 1.165) is 58.0 Å². The Labute approximate surface area is 241 Å². The maximum absolute atomic E-state index is 12.2. The zero-order valence-electron chi connectivity index (χ0n) is 22.9. The average molecular weight is 581 g/mol. The molecule has 2 aromatic heterocycles. The maximum atomic E-state index is 12.2. The predicted octanol–water partition coefficient (Wildman–Crippen LogP) is 5.22. The van der Waals surface area contributed by atoms with Crippen LogP contribution in [0.25, 0.3) is 0 Å². The first-order valence-corrected chi connectivity index (χ1v) is 14.5. The van der Waals surface area contributed by atoms with Gasteiger partial charge in [0, 0.05) is 12.8 Å². The Morgan fingerprint density at radius 1 is 0.675 bits per heavy atom. The third kappa shape index (κ3) is 8.82. The largest absolute Gasteiger partial charge is 0.483 e. The second-order valence-corrected chi connectivity index (χ2v) is 11.5. The molecule has 4 aromatic rings. The molecule has 2 heterocycles. The van der Waals surface area contributed by atoms with Gasteiger partial charge >= 0.3 is 0 Å². The van der Waals surface area contributed by atoms with E-state index < -0.39 is 0 Å². The van der Waals surface area contributed by atoms with Crippen molar-refractivity contribution in [2.24, 2.45) is 0 Å². The van der Waals surface area contributed by atoms with Gasteiger partial charge < -0.3 is 9.47 Å². The van der Waals surface area contributed by atoms with Gasteiger partial charge in [0.05, 0.1) is 0 Å². The Bertz CT molecular complexity index is 1360. The van der Waals surface area contributed by atoms with Crippen molar-refractivity contribution in [1.29, 1.82) is 0 Å². The molecule has 210 valence electrons. The fourth-order valence-corrected chi connectivity index (χ4v) is 5.48. The second kappa shape index (κ2) is 13.9. The van der Waals surface area contributed by atoms with Crippen LogP contribution in [-0.2, 0) is 22.4 Å². The topological polar surface area (TPSA) is 128 Å². The lowest BCUT2D eigenvalue weighted by Gasteiger charge is -2.09. The van der Waals surface area contributed by atoms with Gasteiger partial charge in [-0.3, -0.25) is 20.2 Å². The van der Waals surface area contributed by atoms with E-state index in [1.807, 2.05) is 64.1 Å². The molecule has 2 N–H and O–H groups in total. The highest BCUT2D eigenvalue weighted by Gasteiger charge is 2.12. The number of rotatable bonds is 13. The number of benzene rings is 2. The van der Waals surface area contributed by atoms with Crippen LogP contribution in [0, 0.1) is 27.7 Å². The first-order valence-electron chi connectivity index (χ1n) is 12.9. The molecule has 12 heteroatoms. The molecule has 4 rings (SSSR count). The Morgan fingerprint density at radius 2 is 1.10 bits per heavy atom. The third-order valence-corrected chi connectivity index (χ3v) is 7.63. The molecule has 0 aliphatic heterocycles. The van der Waals surface area contributed by atoms with E-state index in [4.69, 9.17) is 9.47 Å². The number of nitrogens with one attached hydrogen (secondary N) is 2. The van der Waals surface area contributed by atoms with Gasteiger partial charge in [0.25, 0.3) is 11.8 Å². The average Bonchev–Trinajstić information content (AvgIpc) is 3.54. The van der Waals surface area contributed by atoms with Crippen LogP contribution in [-0.4, -0.2) is 45.4 Å². The molecular formula is C28H32N6O4S2. The maximum Gasteiger partial charge on any atom is 0.264 e. The molecule has 0 saturated carbocycles. The molecule has 0 saturated heterocycles. The molecule has 0 radical (unpaired) electrons. The van der Waals surface area contributed by atoms with Crippen LogP contribution >= 0.6 is 22.7 Å². The number of aromatic nitrogens is 4. The number of carbonyl (C=O) groups excluding carboxylic acids is 2. The van der Waals surface area contributed by atoms with E-state index >= 15 is 0 Å². The number of anilines is 2. The molecule has 0 aliphatic rings. The number of carbonyl (C=O) groups is 2. The van der Waals surface area contributed by atoms with Gasteiger partial charge in [-0.15, -0.1) is 20.4 Å². The van der Waals surface area contributed by atoms with Crippen molar-refractivity contribution in [3.05, 3.63) is 68.7 Å². The lowest BCUT2D eigenvalue weighted by molar-refractivity contribution is -0.118. The summed E-state index contributed by atoms with van der Waals surface area (Å²) in [6.07, 6.45) is 3.24. The lowest BCUT2D eigenvalue weighted by Crippen LogP contribution is -2.20. The number of hydrogen-bond donors (Lipinski definition) is 2. The summed E-state index contributed by atoms with van der Waals surface area (Å²) in [7, 11) is 0. The van der Waals surface area contributed by atoms with Gasteiger partial charge in [-0.05, 0) is 63.8 Å². The summed E-state index contributed by atoms with van der Waals surface area (Å²) in [5.74, 6) is 0.814. The lowest BCUT2D eigenvalue weighted by atomic mass is 10.1. The summed E-state index contributed by atoms with van der Waals surface area (Å²) in [6, 6.07) is 11.6. The molecular weight excluding hydrogens is 548 g/mol. The SMILES string of the molecule is Cc1ccc(OCC(=O)Nc2nnc(CCCCc3nnc(NC(=O)COc4ccc(C)cc4C)s3)s2)c(C)c1. The van der Waals surface area contributed by atoms with Gasteiger partial charge in [-0.2, -0.15) is 0 Å². The number of amides is 2. The monoisotopic (exact) mass is 580 g/mol. The van der Waals surface area contributed by atoms with Gasteiger partial charge in [-0.25, -0.2) is 0 Å². The molecule has 0 fully saturated rings. The number of hydrogen-bond acceptors (Lipinski definition) is 10.